The van der Waals surface area contributed by atoms with Gasteiger partial charge in [-0.3, -0.25) is 0 Å². The lowest BCUT2D eigenvalue weighted by atomic mass is 9.90. The van der Waals surface area contributed by atoms with Crippen LogP contribution in [0.3, 0.4) is 0 Å². The highest BCUT2D eigenvalue weighted by Crippen LogP contribution is 2.34. The maximum Gasteiger partial charge on any atom is 0.127 e. The predicted molar refractivity (Wildman–Crippen MR) is 62.3 cm³/mol. The number of benzene rings is 1. The molecule has 0 spiro atoms. The first kappa shape index (κ1) is 10.2. The molecule has 0 saturated carbocycles. The van der Waals surface area contributed by atoms with E-state index in [9.17, 15) is 4.79 Å². The molecule has 15 heavy (non-hydrogen) atoms. The minimum Gasteiger partial charge on any atom is -0.369 e. The Kier molecular flexibility index (Phi) is 2.76. The Balaban J connectivity index is 2.43. The lowest BCUT2D eigenvalue weighted by Crippen LogP contribution is -2.36. The van der Waals surface area contributed by atoms with Crippen LogP contribution in [0.15, 0.2) is 24.3 Å². The van der Waals surface area contributed by atoms with Crippen LogP contribution in [0.4, 0.5) is 5.69 Å². The van der Waals surface area contributed by atoms with Gasteiger partial charge in [-0.05, 0) is 31.9 Å². The van der Waals surface area contributed by atoms with Crippen LogP contribution in [0.2, 0.25) is 0 Å². The highest BCUT2D eigenvalue weighted by molar-refractivity contribution is 5.71. The van der Waals surface area contributed by atoms with Crippen molar-refractivity contribution < 1.29 is 4.79 Å². The van der Waals surface area contributed by atoms with Gasteiger partial charge in [0, 0.05) is 24.2 Å². The number of nitrogens with zero attached hydrogens (tertiary/aromatic N) is 1. The second-order valence-electron chi connectivity index (χ2n) is 4.38. The standard InChI is InChI=1S/C13H17NO/c1-10(2)14-8-7-11(9-15)12-5-3-4-6-13(12)14/h3-6,9-11H,7-8H2,1-2H3. The number of anilines is 1. The summed E-state index contributed by atoms with van der Waals surface area (Å²) in [5.41, 5.74) is 2.42. The molecule has 0 bridgehead atoms. The van der Waals surface area contributed by atoms with Crippen molar-refractivity contribution in [2.45, 2.75) is 32.2 Å². The van der Waals surface area contributed by atoms with Crippen LogP contribution in [0.5, 0.6) is 0 Å². The van der Waals surface area contributed by atoms with Gasteiger partial charge in [-0.2, -0.15) is 0 Å². The van der Waals surface area contributed by atoms with Gasteiger partial charge in [0.05, 0.1) is 0 Å². The molecular formula is C13H17NO. The van der Waals surface area contributed by atoms with E-state index in [-0.39, 0.29) is 5.92 Å². The highest BCUT2D eigenvalue weighted by Gasteiger charge is 2.25. The van der Waals surface area contributed by atoms with Crippen LogP contribution in [0.1, 0.15) is 31.7 Å². The Morgan fingerprint density at radius 2 is 2.13 bits per heavy atom. The zero-order valence-corrected chi connectivity index (χ0v) is 9.31. The van der Waals surface area contributed by atoms with Crippen molar-refractivity contribution in [1.29, 1.82) is 0 Å². The normalized spacial score (nSPS) is 20.2. The minimum absolute atomic E-state index is 0.0937. The van der Waals surface area contributed by atoms with Crippen molar-refractivity contribution in [1.82, 2.24) is 0 Å². The number of carbonyl (C=O) groups is 1. The van der Waals surface area contributed by atoms with Gasteiger partial charge >= 0.3 is 0 Å². The smallest absolute Gasteiger partial charge is 0.127 e. The molecule has 80 valence electrons. The topological polar surface area (TPSA) is 20.3 Å². The molecule has 1 heterocycles. The van der Waals surface area contributed by atoms with E-state index in [1.807, 2.05) is 12.1 Å². The van der Waals surface area contributed by atoms with Crippen molar-refractivity contribution in [3.8, 4) is 0 Å². The van der Waals surface area contributed by atoms with E-state index in [0.29, 0.717) is 6.04 Å². The molecule has 0 aromatic heterocycles. The van der Waals surface area contributed by atoms with Crippen molar-refractivity contribution in [3.63, 3.8) is 0 Å². The number of hydrogen-bond donors (Lipinski definition) is 0. The third-order valence-corrected chi connectivity index (χ3v) is 3.11. The quantitative estimate of drug-likeness (QED) is 0.688. The average molecular weight is 203 g/mol. The van der Waals surface area contributed by atoms with Gasteiger partial charge in [-0.1, -0.05) is 18.2 Å². The Morgan fingerprint density at radius 3 is 2.80 bits per heavy atom. The second kappa shape index (κ2) is 4.05. The van der Waals surface area contributed by atoms with E-state index in [1.54, 1.807) is 0 Å². The number of rotatable bonds is 2. The number of aldehydes is 1. The molecule has 2 nitrogen and oxygen atoms in total. The molecule has 1 unspecified atom stereocenters. The van der Waals surface area contributed by atoms with Crippen LogP contribution >= 0.6 is 0 Å². The summed E-state index contributed by atoms with van der Waals surface area (Å²) in [6.07, 6.45) is 2.02. The predicted octanol–water partition coefficient (Wildman–Crippen LogP) is 2.59. The minimum atomic E-state index is 0.0937. The Morgan fingerprint density at radius 1 is 1.40 bits per heavy atom. The molecule has 1 atom stereocenters. The van der Waals surface area contributed by atoms with Crippen LogP contribution in [-0.2, 0) is 4.79 Å². The van der Waals surface area contributed by atoms with Gasteiger partial charge in [0.2, 0.25) is 0 Å². The maximum absolute atomic E-state index is 11.0. The summed E-state index contributed by atoms with van der Waals surface area (Å²) in [5.74, 6) is 0.0937. The summed E-state index contributed by atoms with van der Waals surface area (Å²) >= 11 is 0. The van der Waals surface area contributed by atoms with E-state index in [0.717, 1.165) is 19.3 Å². The molecule has 0 aliphatic carbocycles. The summed E-state index contributed by atoms with van der Waals surface area (Å²) < 4.78 is 0. The first-order chi connectivity index (χ1) is 7.24. The highest BCUT2D eigenvalue weighted by atomic mass is 16.1. The third-order valence-electron chi connectivity index (χ3n) is 3.11. The van der Waals surface area contributed by atoms with E-state index < -0.39 is 0 Å². The van der Waals surface area contributed by atoms with Crippen LogP contribution in [0.25, 0.3) is 0 Å². The van der Waals surface area contributed by atoms with Gasteiger partial charge in [-0.25, -0.2) is 0 Å². The summed E-state index contributed by atoms with van der Waals surface area (Å²) in [4.78, 5) is 13.4. The molecule has 2 heteroatoms. The molecule has 2 rings (SSSR count). The molecule has 0 amide bonds. The molecule has 0 saturated heterocycles. The number of fused-ring (bicyclic) bond motifs is 1. The van der Waals surface area contributed by atoms with Gasteiger partial charge in [0.15, 0.2) is 0 Å². The van der Waals surface area contributed by atoms with Crippen LogP contribution in [-0.4, -0.2) is 18.9 Å². The summed E-state index contributed by atoms with van der Waals surface area (Å²) in [6.45, 7) is 5.37. The van der Waals surface area contributed by atoms with E-state index >= 15 is 0 Å². The Bertz CT molecular complexity index is 359. The number of carbonyl (C=O) groups excluding carboxylic acids is 1. The van der Waals surface area contributed by atoms with Gasteiger partial charge in [-0.15, -0.1) is 0 Å². The lowest BCUT2D eigenvalue weighted by molar-refractivity contribution is -0.109. The molecule has 1 aromatic rings. The zero-order valence-electron chi connectivity index (χ0n) is 9.31. The third kappa shape index (κ3) is 1.76. The summed E-state index contributed by atoms with van der Waals surface area (Å²) in [5, 5.41) is 0. The lowest BCUT2D eigenvalue weighted by Gasteiger charge is -2.36. The van der Waals surface area contributed by atoms with Gasteiger partial charge < -0.3 is 9.69 Å². The Labute approximate surface area is 90.9 Å². The van der Waals surface area contributed by atoms with Crippen molar-refractivity contribution in [3.05, 3.63) is 29.8 Å². The Hall–Kier alpha value is -1.31. The molecule has 1 aliphatic heterocycles. The van der Waals surface area contributed by atoms with Gasteiger partial charge in [0.25, 0.3) is 0 Å². The first-order valence-corrected chi connectivity index (χ1v) is 5.55. The summed E-state index contributed by atoms with van der Waals surface area (Å²) in [6, 6.07) is 8.74. The monoisotopic (exact) mass is 203 g/mol. The molecule has 1 aliphatic rings. The number of hydrogen-bond acceptors (Lipinski definition) is 2. The molecular weight excluding hydrogens is 186 g/mol. The van der Waals surface area contributed by atoms with E-state index in [1.165, 1.54) is 11.3 Å². The largest absolute Gasteiger partial charge is 0.369 e. The van der Waals surface area contributed by atoms with Crippen molar-refractivity contribution in [2.24, 2.45) is 0 Å². The zero-order chi connectivity index (χ0) is 10.8. The number of para-hydroxylation sites is 1. The van der Waals surface area contributed by atoms with E-state index in [2.05, 4.69) is 30.9 Å². The molecule has 0 radical (unpaired) electrons. The van der Waals surface area contributed by atoms with E-state index in [4.69, 9.17) is 0 Å². The van der Waals surface area contributed by atoms with Crippen molar-refractivity contribution >= 4 is 12.0 Å². The summed E-state index contributed by atoms with van der Waals surface area (Å²) in [7, 11) is 0. The molecule has 0 fully saturated rings. The second-order valence-corrected chi connectivity index (χ2v) is 4.38. The fourth-order valence-corrected chi connectivity index (χ4v) is 2.29. The van der Waals surface area contributed by atoms with Gasteiger partial charge in [0.1, 0.15) is 6.29 Å². The molecule has 1 aromatic carbocycles. The van der Waals surface area contributed by atoms with Crippen LogP contribution in [0, 0.1) is 0 Å². The average Bonchev–Trinajstić information content (AvgIpc) is 2.27. The maximum atomic E-state index is 11.0. The SMILES string of the molecule is CC(C)N1CCC(C=O)c2ccccc21. The fraction of sp³-hybridized carbons (Fsp3) is 0.462. The van der Waals surface area contributed by atoms with Crippen LogP contribution < -0.4 is 4.90 Å². The van der Waals surface area contributed by atoms with Crippen molar-refractivity contribution in [2.75, 3.05) is 11.4 Å². The first-order valence-electron chi connectivity index (χ1n) is 5.55. The molecule has 0 N–H and O–H groups in total. The fourth-order valence-electron chi connectivity index (χ4n) is 2.29.